The van der Waals surface area contributed by atoms with Gasteiger partial charge >= 0.3 is 0 Å². The fourth-order valence-corrected chi connectivity index (χ4v) is 3.26. The molecule has 0 atom stereocenters. The molecule has 0 N–H and O–H groups in total. The van der Waals surface area contributed by atoms with Crippen molar-refractivity contribution in [3.8, 4) is 11.3 Å². The van der Waals surface area contributed by atoms with Gasteiger partial charge in [0.15, 0.2) is 0 Å². The van der Waals surface area contributed by atoms with Crippen LogP contribution in [-0.2, 0) is 0 Å². The molecule has 1 aromatic carbocycles. The van der Waals surface area contributed by atoms with Gasteiger partial charge in [-0.25, -0.2) is 4.68 Å². The summed E-state index contributed by atoms with van der Waals surface area (Å²) in [5.74, 6) is 1.51. The SMILES string of the molecule is CN=c1scc(-c2cc(Cl)ccc2Cl)n1N=Cc1ccc(C)o1. The van der Waals surface area contributed by atoms with Crippen molar-refractivity contribution >= 4 is 40.8 Å². The normalized spacial score (nSPS) is 12.4. The van der Waals surface area contributed by atoms with E-state index in [2.05, 4.69) is 10.1 Å². The van der Waals surface area contributed by atoms with Crippen molar-refractivity contribution in [2.75, 3.05) is 7.05 Å². The number of aryl methyl sites for hydroxylation is 1. The monoisotopic (exact) mass is 365 g/mol. The third-order valence-corrected chi connectivity index (χ3v) is 4.61. The van der Waals surface area contributed by atoms with E-state index in [4.69, 9.17) is 27.6 Å². The summed E-state index contributed by atoms with van der Waals surface area (Å²) in [6, 6.07) is 9.09. The molecule has 0 bridgehead atoms. The summed E-state index contributed by atoms with van der Waals surface area (Å²) in [6.45, 7) is 1.89. The van der Waals surface area contributed by atoms with Crippen LogP contribution in [-0.4, -0.2) is 17.9 Å². The number of rotatable bonds is 3. The predicted molar refractivity (Wildman–Crippen MR) is 95.7 cm³/mol. The highest BCUT2D eigenvalue weighted by atomic mass is 35.5. The molecule has 4 nitrogen and oxygen atoms in total. The summed E-state index contributed by atoms with van der Waals surface area (Å²) < 4.78 is 7.23. The summed E-state index contributed by atoms with van der Waals surface area (Å²) >= 11 is 13.9. The Morgan fingerprint density at radius 3 is 2.74 bits per heavy atom. The van der Waals surface area contributed by atoms with Gasteiger partial charge in [-0.2, -0.15) is 5.10 Å². The Balaban J connectivity index is 2.11. The molecule has 0 aliphatic carbocycles. The molecule has 2 aromatic heterocycles. The molecule has 0 aliphatic heterocycles. The molecule has 118 valence electrons. The maximum absolute atomic E-state index is 6.31. The minimum atomic E-state index is 0.604. The summed E-state index contributed by atoms with van der Waals surface area (Å²) in [5, 5.41) is 7.65. The second kappa shape index (κ2) is 6.74. The maximum Gasteiger partial charge on any atom is 0.205 e. The fourth-order valence-electron chi connectivity index (χ4n) is 2.08. The van der Waals surface area contributed by atoms with Gasteiger partial charge < -0.3 is 4.42 Å². The molecule has 0 aliphatic rings. The second-order valence-electron chi connectivity index (χ2n) is 4.76. The van der Waals surface area contributed by atoms with Gasteiger partial charge in [-0.05, 0) is 37.3 Å². The lowest BCUT2D eigenvalue weighted by Crippen LogP contribution is -2.11. The molecule has 23 heavy (non-hydrogen) atoms. The van der Waals surface area contributed by atoms with E-state index in [0.717, 1.165) is 21.8 Å². The molecule has 0 fully saturated rings. The molecular formula is C16H13Cl2N3OS. The van der Waals surface area contributed by atoms with Crippen LogP contribution in [0.15, 0.2) is 50.2 Å². The van der Waals surface area contributed by atoms with Crippen molar-refractivity contribution in [3.05, 3.63) is 62.1 Å². The van der Waals surface area contributed by atoms with Gasteiger partial charge in [0.25, 0.3) is 0 Å². The number of benzene rings is 1. The van der Waals surface area contributed by atoms with Gasteiger partial charge in [0.1, 0.15) is 11.5 Å². The van der Waals surface area contributed by atoms with Crippen LogP contribution in [0.1, 0.15) is 11.5 Å². The zero-order chi connectivity index (χ0) is 16.4. The minimum Gasteiger partial charge on any atom is -0.460 e. The summed E-state index contributed by atoms with van der Waals surface area (Å²) in [5.41, 5.74) is 1.63. The molecule has 3 aromatic rings. The second-order valence-corrected chi connectivity index (χ2v) is 6.44. The lowest BCUT2D eigenvalue weighted by Gasteiger charge is -2.06. The van der Waals surface area contributed by atoms with E-state index in [-0.39, 0.29) is 0 Å². The lowest BCUT2D eigenvalue weighted by atomic mass is 10.2. The maximum atomic E-state index is 6.31. The number of hydrogen-bond acceptors (Lipinski definition) is 4. The van der Waals surface area contributed by atoms with Crippen molar-refractivity contribution < 1.29 is 4.42 Å². The van der Waals surface area contributed by atoms with E-state index in [0.29, 0.717) is 15.8 Å². The van der Waals surface area contributed by atoms with Gasteiger partial charge in [0, 0.05) is 23.0 Å². The number of aromatic nitrogens is 1. The first-order valence-corrected chi connectivity index (χ1v) is 8.41. The molecule has 0 saturated carbocycles. The average molecular weight is 366 g/mol. The van der Waals surface area contributed by atoms with E-state index in [1.807, 2.05) is 30.5 Å². The molecule has 0 unspecified atom stereocenters. The fraction of sp³-hybridized carbons (Fsp3) is 0.125. The van der Waals surface area contributed by atoms with Crippen LogP contribution in [0.2, 0.25) is 10.0 Å². The third kappa shape index (κ3) is 3.42. The molecule has 3 rings (SSSR count). The van der Waals surface area contributed by atoms with Crippen molar-refractivity contribution in [3.63, 3.8) is 0 Å². The first-order valence-electron chi connectivity index (χ1n) is 6.78. The highest BCUT2D eigenvalue weighted by Gasteiger charge is 2.11. The standard InChI is InChI=1S/C16H13Cl2N3OS/c1-10-3-5-12(22-10)8-20-21-15(9-23-16(21)19-2)13-7-11(17)4-6-14(13)18/h3-9H,1-2H3. The first kappa shape index (κ1) is 16.1. The molecule has 0 amide bonds. The van der Waals surface area contributed by atoms with E-state index < -0.39 is 0 Å². The Morgan fingerprint density at radius 1 is 1.22 bits per heavy atom. The molecule has 0 spiro atoms. The predicted octanol–water partition coefficient (Wildman–Crippen LogP) is 4.84. The van der Waals surface area contributed by atoms with Crippen LogP contribution < -0.4 is 4.80 Å². The Labute approximate surface area is 147 Å². The number of hydrogen-bond donors (Lipinski definition) is 0. The van der Waals surface area contributed by atoms with Gasteiger partial charge in [0.05, 0.1) is 16.9 Å². The van der Waals surface area contributed by atoms with Crippen molar-refractivity contribution in [2.24, 2.45) is 10.1 Å². The van der Waals surface area contributed by atoms with E-state index in [9.17, 15) is 0 Å². The Bertz CT molecular complexity index is 937. The molecule has 7 heteroatoms. The zero-order valence-corrected chi connectivity index (χ0v) is 14.8. The summed E-state index contributed by atoms with van der Waals surface area (Å²) in [7, 11) is 1.72. The highest BCUT2D eigenvalue weighted by molar-refractivity contribution is 7.07. The molecule has 2 heterocycles. The van der Waals surface area contributed by atoms with Crippen LogP contribution in [0.3, 0.4) is 0 Å². The van der Waals surface area contributed by atoms with Crippen molar-refractivity contribution in [1.29, 1.82) is 0 Å². The minimum absolute atomic E-state index is 0.604. The molecule has 0 saturated heterocycles. The van der Waals surface area contributed by atoms with Crippen LogP contribution in [0.25, 0.3) is 11.3 Å². The van der Waals surface area contributed by atoms with Gasteiger partial charge in [-0.15, -0.1) is 11.3 Å². The largest absolute Gasteiger partial charge is 0.460 e. The smallest absolute Gasteiger partial charge is 0.205 e. The summed E-state index contributed by atoms with van der Waals surface area (Å²) in [4.78, 5) is 4.99. The zero-order valence-electron chi connectivity index (χ0n) is 12.5. The van der Waals surface area contributed by atoms with Crippen molar-refractivity contribution in [2.45, 2.75) is 6.92 Å². The van der Waals surface area contributed by atoms with Gasteiger partial charge in [-0.1, -0.05) is 23.2 Å². The van der Waals surface area contributed by atoms with Gasteiger partial charge in [0.2, 0.25) is 4.80 Å². The molecular weight excluding hydrogens is 353 g/mol. The quantitative estimate of drug-likeness (QED) is 0.612. The Morgan fingerprint density at radius 2 is 2.04 bits per heavy atom. The van der Waals surface area contributed by atoms with Crippen LogP contribution in [0.5, 0.6) is 0 Å². The lowest BCUT2D eigenvalue weighted by molar-refractivity contribution is 0.527. The topological polar surface area (TPSA) is 42.8 Å². The van der Waals surface area contributed by atoms with E-state index in [1.165, 1.54) is 11.3 Å². The summed E-state index contributed by atoms with van der Waals surface area (Å²) in [6.07, 6.45) is 1.65. The number of nitrogens with zero attached hydrogens (tertiary/aromatic N) is 3. The Hall–Kier alpha value is -1.82. The Kier molecular flexibility index (Phi) is 4.71. The van der Waals surface area contributed by atoms with Crippen LogP contribution >= 0.6 is 34.5 Å². The van der Waals surface area contributed by atoms with E-state index in [1.54, 1.807) is 30.1 Å². The average Bonchev–Trinajstić information content (AvgIpc) is 3.13. The number of thiazole rings is 1. The molecule has 0 radical (unpaired) electrons. The first-order chi connectivity index (χ1) is 11.1. The number of halogens is 2. The number of furan rings is 1. The van der Waals surface area contributed by atoms with Crippen molar-refractivity contribution in [1.82, 2.24) is 4.68 Å². The van der Waals surface area contributed by atoms with Crippen LogP contribution in [0.4, 0.5) is 0 Å². The highest BCUT2D eigenvalue weighted by Crippen LogP contribution is 2.30. The van der Waals surface area contributed by atoms with E-state index >= 15 is 0 Å². The van der Waals surface area contributed by atoms with Crippen LogP contribution in [0, 0.1) is 6.92 Å². The van der Waals surface area contributed by atoms with Gasteiger partial charge in [-0.3, -0.25) is 4.99 Å². The third-order valence-electron chi connectivity index (χ3n) is 3.14.